The number of amides is 1. The van der Waals surface area contributed by atoms with E-state index in [0.29, 0.717) is 16.6 Å². The summed E-state index contributed by atoms with van der Waals surface area (Å²) in [5.41, 5.74) is 1.02. The summed E-state index contributed by atoms with van der Waals surface area (Å²) in [6, 6.07) is 13.6. The van der Waals surface area contributed by atoms with E-state index in [1.807, 2.05) is 0 Å². The molecular weight excluding hydrogens is 528 g/mol. The van der Waals surface area contributed by atoms with Crippen LogP contribution in [0.15, 0.2) is 71.9 Å². The van der Waals surface area contributed by atoms with Crippen LogP contribution in [0.25, 0.3) is 16.7 Å². The fraction of sp³-hybridized carbons (Fsp3) is 0.0435. The lowest BCUT2D eigenvalue weighted by Gasteiger charge is -2.07. The molecule has 0 aliphatic heterocycles. The highest BCUT2D eigenvalue weighted by atomic mass is 35.5. The first-order valence-electron chi connectivity index (χ1n) is 10.6. The van der Waals surface area contributed by atoms with E-state index in [0.717, 1.165) is 16.8 Å². The van der Waals surface area contributed by atoms with Gasteiger partial charge in [0.15, 0.2) is 10.8 Å². The van der Waals surface area contributed by atoms with Gasteiger partial charge in [0.2, 0.25) is 5.95 Å². The molecule has 0 unspecified atom stereocenters. The number of hydrogen-bond donors (Lipinski definition) is 2. The average Bonchev–Trinajstić information content (AvgIpc) is 3.46. The topological polar surface area (TPSA) is 124 Å². The van der Waals surface area contributed by atoms with Crippen molar-refractivity contribution in [1.29, 1.82) is 0 Å². The molecule has 10 nitrogen and oxygen atoms in total. The van der Waals surface area contributed by atoms with Crippen molar-refractivity contribution in [2.75, 3.05) is 10.0 Å². The summed E-state index contributed by atoms with van der Waals surface area (Å²) in [4.78, 5) is 16.6. The van der Waals surface area contributed by atoms with E-state index in [9.17, 15) is 22.0 Å². The Hall–Kier alpha value is -4.36. The van der Waals surface area contributed by atoms with Gasteiger partial charge in [0.1, 0.15) is 11.5 Å². The van der Waals surface area contributed by atoms with Crippen molar-refractivity contribution in [3.05, 3.63) is 89.3 Å². The number of benzene rings is 2. The van der Waals surface area contributed by atoms with Gasteiger partial charge in [-0.15, -0.1) is 0 Å². The van der Waals surface area contributed by atoms with Crippen LogP contribution in [0.4, 0.5) is 20.2 Å². The van der Waals surface area contributed by atoms with Gasteiger partial charge in [0, 0.05) is 24.3 Å². The third-order valence-electron chi connectivity index (χ3n) is 5.25. The molecule has 0 saturated carbocycles. The molecular formula is C23H16ClF2N7O3S. The SMILES string of the molecule is Cn1nc2cc(NS(=O)(=O)c3ccn(-c4cccc(F)n4)n3)ccc2c1C(=O)Nc1ccc(F)c(Cl)c1. The lowest BCUT2D eigenvalue weighted by molar-refractivity contribution is 0.101. The fourth-order valence-corrected chi connectivity index (χ4v) is 4.77. The van der Waals surface area contributed by atoms with Gasteiger partial charge in [-0.3, -0.25) is 14.2 Å². The maximum Gasteiger partial charge on any atom is 0.281 e. The van der Waals surface area contributed by atoms with Crippen LogP contribution < -0.4 is 10.0 Å². The molecule has 188 valence electrons. The van der Waals surface area contributed by atoms with Crippen LogP contribution in [0.2, 0.25) is 5.02 Å². The van der Waals surface area contributed by atoms with Gasteiger partial charge >= 0.3 is 0 Å². The molecule has 3 aromatic heterocycles. The molecule has 0 atom stereocenters. The zero-order valence-electron chi connectivity index (χ0n) is 18.9. The molecule has 14 heteroatoms. The molecule has 2 aromatic carbocycles. The van der Waals surface area contributed by atoms with E-state index in [2.05, 4.69) is 25.2 Å². The number of carbonyl (C=O) groups is 1. The Bertz CT molecular complexity index is 1790. The number of fused-ring (bicyclic) bond motifs is 1. The summed E-state index contributed by atoms with van der Waals surface area (Å²) in [7, 11) is -2.55. The molecule has 5 aromatic rings. The Morgan fingerprint density at radius 2 is 1.78 bits per heavy atom. The summed E-state index contributed by atoms with van der Waals surface area (Å²) < 4.78 is 57.5. The summed E-state index contributed by atoms with van der Waals surface area (Å²) in [5, 5.41) is 10.9. The van der Waals surface area contributed by atoms with E-state index >= 15 is 0 Å². The van der Waals surface area contributed by atoms with E-state index in [-0.39, 0.29) is 27.2 Å². The number of aromatic nitrogens is 5. The maximum absolute atomic E-state index is 13.4. The van der Waals surface area contributed by atoms with E-state index in [4.69, 9.17) is 11.6 Å². The fourth-order valence-electron chi connectivity index (χ4n) is 3.61. The van der Waals surface area contributed by atoms with Gasteiger partial charge in [-0.05, 0) is 54.6 Å². The Labute approximate surface area is 213 Å². The van der Waals surface area contributed by atoms with Gasteiger partial charge < -0.3 is 5.32 Å². The van der Waals surface area contributed by atoms with Gasteiger partial charge in [0.05, 0.1) is 16.2 Å². The van der Waals surface area contributed by atoms with E-state index < -0.39 is 27.7 Å². The molecule has 0 saturated heterocycles. The van der Waals surface area contributed by atoms with Crippen molar-refractivity contribution in [2.24, 2.45) is 7.05 Å². The van der Waals surface area contributed by atoms with Crippen LogP contribution in [0.5, 0.6) is 0 Å². The molecule has 37 heavy (non-hydrogen) atoms. The largest absolute Gasteiger partial charge is 0.321 e. The number of aryl methyl sites for hydroxylation is 1. The molecule has 0 aliphatic rings. The van der Waals surface area contributed by atoms with Crippen molar-refractivity contribution in [3.63, 3.8) is 0 Å². The number of sulfonamides is 1. The first-order chi connectivity index (χ1) is 17.6. The number of carbonyl (C=O) groups excluding carboxylic acids is 1. The number of nitrogens with zero attached hydrogens (tertiary/aromatic N) is 5. The minimum atomic E-state index is -4.11. The number of anilines is 2. The van der Waals surface area contributed by atoms with Crippen molar-refractivity contribution in [3.8, 4) is 5.82 Å². The van der Waals surface area contributed by atoms with Crippen molar-refractivity contribution in [2.45, 2.75) is 5.03 Å². The second kappa shape index (κ2) is 9.26. The third kappa shape index (κ3) is 4.86. The van der Waals surface area contributed by atoms with Crippen LogP contribution in [-0.2, 0) is 17.1 Å². The standard InChI is InChI=1S/C23H16ClF2N7O3S/c1-32-22(23(34)27-13-6-8-17(25)16(24)11-13)15-7-5-14(12-18(15)29-32)31-37(35,36)21-9-10-33(30-21)20-4-2-3-19(26)28-20/h2-12,31H,1H3,(H,27,34). The Balaban J connectivity index is 1.39. The lowest BCUT2D eigenvalue weighted by atomic mass is 10.2. The molecule has 1 amide bonds. The van der Waals surface area contributed by atoms with Crippen LogP contribution >= 0.6 is 11.6 Å². The summed E-state index contributed by atoms with van der Waals surface area (Å²) >= 11 is 5.78. The zero-order chi connectivity index (χ0) is 26.3. The van der Waals surface area contributed by atoms with Gasteiger partial charge in [-0.1, -0.05) is 17.7 Å². The Morgan fingerprint density at radius 1 is 1.00 bits per heavy atom. The van der Waals surface area contributed by atoms with Crippen molar-refractivity contribution >= 4 is 49.8 Å². The average molecular weight is 544 g/mol. The maximum atomic E-state index is 13.4. The Morgan fingerprint density at radius 3 is 2.54 bits per heavy atom. The molecule has 3 heterocycles. The normalized spacial score (nSPS) is 11.6. The lowest BCUT2D eigenvalue weighted by Crippen LogP contribution is -2.16. The number of halogens is 3. The Kier molecular flexibility index (Phi) is 6.09. The van der Waals surface area contributed by atoms with Gasteiger partial charge in [-0.25, -0.2) is 14.1 Å². The third-order valence-corrected chi connectivity index (χ3v) is 6.82. The molecule has 0 radical (unpaired) electrons. The minimum Gasteiger partial charge on any atom is -0.321 e. The van der Waals surface area contributed by atoms with E-state index in [1.54, 1.807) is 13.1 Å². The van der Waals surface area contributed by atoms with Crippen molar-refractivity contribution < 1.29 is 22.0 Å². The van der Waals surface area contributed by atoms with E-state index in [1.165, 1.54) is 53.3 Å². The second-order valence-corrected chi connectivity index (χ2v) is 9.85. The zero-order valence-corrected chi connectivity index (χ0v) is 20.4. The highest BCUT2D eigenvalue weighted by molar-refractivity contribution is 7.92. The molecule has 5 rings (SSSR count). The van der Waals surface area contributed by atoms with Gasteiger partial charge in [-0.2, -0.15) is 23.0 Å². The van der Waals surface area contributed by atoms with Gasteiger partial charge in [0.25, 0.3) is 15.9 Å². The number of hydrogen-bond acceptors (Lipinski definition) is 6. The smallest absolute Gasteiger partial charge is 0.281 e. The predicted molar refractivity (Wildman–Crippen MR) is 132 cm³/mol. The summed E-state index contributed by atoms with van der Waals surface area (Å²) in [6.45, 7) is 0. The number of rotatable bonds is 6. The highest BCUT2D eigenvalue weighted by Crippen LogP contribution is 2.25. The summed E-state index contributed by atoms with van der Waals surface area (Å²) in [5.74, 6) is -1.74. The molecule has 0 bridgehead atoms. The van der Waals surface area contributed by atoms with Crippen LogP contribution in [0, 0.1) is 11.8 Å². The first-order valence-corrected chi connectivity index (χ1v) is 12.4. The van der Waals surface area contributed by atoms with Crippen molar-refractivity contribution in [1.82, 2.24) is 24.5 Å². The monoisotopic (exact) mass is 543 g/mol. The highest BCUT2D eigenvalue weighted by Gasteiger charge is 2.21. The van der Waals surface area contributed by atoms with Crippen LogP contribution in [0.3, 0.4) is 0 Å². The van der Waals surface area contributed by atoms with Crippen LogP contribution in [-0.4, -0.2) is 38.9 Å². The molecule has 0 spiro atoms. The molecule has 0 fully saturated rings. The molecule has 2 N–H and O–H groups in total. The quantitative estimate of drug-likeness (QED) is 0.310. The molecule has 0 aliphatic carbocycles. The van der Waals surface area contributed by atoms with Crippen LogP contribution in [0.1, 0.15) is 10.5 Å². The second-order valence-electron chi connectivity index (χ2n) is 7.81. The summed E-state index contributed by atoms with van der Waals surface area (Å²) in [6.07, 6.45) is 1.34. The number of pyridine rings is 1. The minimum absolute atomic E-state index is 0.116. The predicted octanol–water partition coefficient (Wildman–Crippen LogP) is 4.14. The number of nitrogens with one attached hydrogen (secondary N) is 2. The first kappa shape index (κ1) is 24.3.